The molecule has 0 bridgehead atoms. The molecule has 2 aromatic carbocycles. The van der Waals surface area contributed by atoms with Crippen LogP contribution in [0.2, 0.25) is 0 Å². The molecule has 0 unspecified atom stereocenters. The van der Waals surface area contributed by atoms with E-state index in [0.717, 1.165) is 5.56 Å². The molecule has 2 aromatic rings. The highest BCUT2D eigenvalue weighted by molar-refractivity contribution is 9.10. The van der Waals surface area contributed by atoms with Crippen molar-refractivity contribution in [3.8, 4) is 5.75 Å². The molecule has 4 N–H and O–H groups in total. The van der Waals surface area contributed by atoms with Gasteiger partial charge in [-0.2, -0.15) is 5.10 Å². The first-order valence-corrected chi connectivity index (χ1v) is 10.2. The van der Waals surface area contributed by atoms with Gasteiger partial charge in [0, 0.05) is 0 Å². The number of ether oxygens (including phenoxy) is 2. The van der Waals surface area contributed by atoms with E-state index in [2.05, 4.69) is 31.8 Å². The fraction of sp³-hybridized carbons (Fsp3) is 0.238. The van der Waals surface area contributed by atoms with Crippen molar-refractivity contribution in [2.45, 2.75) is 19.4 Å². The van der Waals surface area contributed by atoms with Crippen molar-refractivity contribution in [1.29, 1.82) is 0 Å². The van der Waals surface area contributed by atoms with Gasteiger partial charge in [0.1, 0.15) is 5.75 Å². The molecule has 0 aromatic heterocycles. The minimum Gasteiger partial charge on any atom is -0.483 e. The zero-order valence-corrected chi connectivity index (χ0v) is 18.4. The summed E-state index contributed by atoms with van der Waals surface area (Å²) < 4.78 is 10.8. The lowest BCUT2D eigenvalue weighted by Crippen LogP contribution is -2.33. The molecule has 10 heteroatoms. The number of carbonyl (C=O) groups excluding carboxylic acids is 3. The first-order chi connectivity index (χ1) is 14.9. The molecule has 2 rings (SSSR count). The highest BCUT2D eigenvalue weighted by Crippen LogP contribution is 2.25. The molecule has 0 spiro atoms. The van der Waals surface area contributed by atoms with E-state index in [1.165, 1.54) is 6.21 Å². The molecule has 31 heavy (non-hydrogen) atoms. The minimum absolute atomic E-state index is 0.0241. The Hall–Kier alpha value is -3.40. The van der Waals surface area contributed by atoms with Gasteiger partial charge in [-0.25, -0.2) is 10.2 Å². The molecule has 0 saturated carbocycles. The second-order valence-electron chi connectivity index (χ2n) is 6.27. The van der Waals surface area contributed by atoms with Crippen LogP contribution in [-0.2, 0) is 14.3 Å². The van der Waals surface area contributed by atoms with E-state index in [0.29, 0.717) is 15.8 Å². The van der Waals surface area contributed by atoms with Crippen LogP contribution < -0.4 is 21.2 Å². The average Bonchev–Trinajstić information content (AvgIpc) is 2.73. The maximum Gasteiger partial charge on any atom is 0.407 e. The molecule has 3 amide bonds. The number of primary amides is 1. The van der Waals surface area contributed by atoms with Crippen molar-refractivity contribution in [3.05, 3.63) is 64.1 Å². The van der Waals surface area contributed by atoms with Crippen LogP contribution in [0, 0.1) is 0 Å². The molecule has 0 aliphatic carbocycles. The largest absolute Gasteiger partial charge is 0.483 e. The van der Waals surface area contributed by atoms with E-state index in [4.69, 9.17) is 15.2 Å². The molecule has 0 aliphatic rings. The lowest BCUT2D eigenvalue weighted by Gasteiger charge is -2.18. The van der Waals surface area contributed by atoms with Crippen molar-refractivity contribution in [2.24, 2.45) is 10.8 Å². The maximum absolute atomic E-state index is 12.3. The topological polar surface area (TPSA) is 132 Å². The number of hydrogen-bond acceptors (Lipinski definition) is 6. The summed E-state index contributed by atoms with van der Waals surface area (Å²) >= 11 is 3.33. The van der Waals surface area contributed by atoms with Gasteiger partial charge < -0.3 is 20.5 Å². The zero-order chi connectivity index (χ0) is 22.6. The number of benzene rings is 2. The van der Waals surface area contributed by atoms with Crippen molar-refractivity contribution >= 4 is 40.1 Å². The number of nitrogens with one attached hydrogen (secondary N) is 2. The van der Waals surface area contributed by atoms with E-state index in [-0.39, 0.29) is 25.5 Å². The first-order valence-electron chi connectivity index (χ1n) is 9.39. The summed E-state index contributed by atoms with van der Waals surface area (Å²) in [5, 5.41) is 6.62. The Bertz CT molecular complexity index is 937. The molecular formula is C21H23BrN4O5. The molecule has 0 radical (unpaired) electrons. The first kappa shape index (κ1) is 23.9. The number of alkyl carbamates (subject to hydrolysis) is 1. The monoisotopic (exact) mass is 490 g/mol. The summed E-state index contributed by atoms with van der Waals surface area (Å²) in [7, 11) is 0. The lowest BCUT2D eigenvalue weighted by atomic mass is 10.0. The van der Waals surface area contributed by atoms with Crippen LogP contribution in [0.5, 0.6) is 5.75 Å². The molecular weight excluding hydrogens is 468 g/mol. The predicted octanol–water partition coefficient (Wildman–Crippen LogP) is 2.64. The van der Waals surface area contributed by atoms with Crippen LogP contribution in [0.25, 0.3) is 0 Å². The molecule has 164 valence electrons. The van der Waals surface area contributed by atoms with Gasteiger partial charge in [-0.1, -0.05) is 30.3 Å². The number of halogens is 1. The van der Waals surface area contributed by atoms with Gasteiger partial charge in [0.05, 0.1) is 29.8 Å². The number of hydrogen-bond donors (Lipinski definition) is 3. The van der Waals surface area contributed by atoms with Gasteiger partial charge >= 0.3 is 6.09 Å². The Kier molecular flexibility index (Phi) is 9.50. The number of rotatable bonds is 10. The van der Waals surface area contributed by atoms with Gasteiger partial charge in [0.2, 0.25) is 5.91 Å². The number of carbonyl (C=O) groups is 3. The van der Waals surface area contributed by atoms with Crippen molar-refractivity contribution in [2.75, 3.05) is 13.2 Å². The summed E-state index contributed by atoms with van der Waals surface area (Å²) in [5.41, 5.74) is 8.95. The van der Waals surface area contributed by atoms with Crippen LogP contribution in [0.1, 0.15) is 30.5 Å². The second-order valence-corrected chi connectivity index (χ2v) is 7.12. The van der Waals surface area contributed by atoms with Crippen molar-refractivity contribution in [1.82, 2.24) is 10.7 Å². The number of nitrogens with zero attached hydrogens (tertiary/aromatic N) is 1. The maximum atomic E-state index is 12.3. The Balaban J connectivity index is 1.96. The minimum atomic E-state index is -0.601. The SMILES string of the molecule is CCOC(=O)N[C@H](CC(=O)N/N=C\c1ccc(OCC(N)=O)c(Br)c1)c1ccccc1. The van der Waals surface area contributed by atoms with Crippen molar-refractivity contribution < 1.29 is 23.9 Å². The summed E-state index contributed by atoms with van der Waals surface area (Å²) in [5.74, 6) is -0.510. The number of hydrazone groups is 1. The van der Waals surface area contributed by atoms with Gasteiger partial charge in [-0.3, -0.25) is 9.59 Å². The van der Waals surface area contributed by atoms with Gasteiger partial charge in [-0.15, -0.1) is 0 Å². The summed E-state index contributed by atoms with van der Waals surface area (Å²) in [6.45, 7) is 1.70. The number of amides is 3. The predicted molar refractivity (Wildman–Crippen MR) is 119 cm³/mol. The molecule has 1 atom stereocenters. The van der Waals surface area contributed by atoms with Crippen LogP contribution in [-0.4, -0.2) is 37.3 Å². The third-order valence-corrected chi connectivity index (χ3v) is 4.51. The van der Waals surface area contributed by atoms with Crippen LogP contribution in [0.15, 0.2) is 58.1 Å². The number of nitrogens with two attached hydrogens (primary N) is 1. The molecule has 0 fully saturated rings. The highest BCUT2D eigenvalue weighted by atomic mass is 79.9. The van der Waals surface area contributed by atoms with Crippen LogP contribution in [0.4, 0.5) is 4.79 Å². The van der Waals surface area contributed by atoms with Gasteiger partial charge in [-0.05, 0) is 52.2 Å². The lowest BCUT2D eigenvalue weighted by molar-refractivity contribution is -0.121. The molecule has 0 aliphatic heterocycles. The third kappa shape index (κ3) is 8.47. The Morgan fingerprint density at radius 3 is 2.58 bits per heavy atom. The summed E-state index contributed by atoms with van der Waals surface area (Å²) in [6.07, 6.45) is 0.830. The Morgan fingerprint density at radius 1 is 1.19 bits per heavy atom. The van der Waals surface area contributed by atoms with Crippen LogP contribution >= 0.6 is 15.9 Å². The fourth-order valence-electron chi connectivity index (χ4n) is 2.53. The average molecular weight is 491 g/mol. The van der Waals surface area contributed by atoms with Crippen LogP contribution in [0.3, 0.4) is 0 Å². The third-order valence-electron chi connectivity index (χ3n) is 3.89. The molecule has 0 heterocycles. The fourth-order valence-corrected chi connectivity index (χ4v) is 3.04. The van der Waals surface area contributed by atoms with E-state index in [1.54, 1.807) is 25.1 Å². The second kappa shape index (κ2) is 12.3. The molecule has 0 saturated heterocycles. The van der Waals surface area contributed by atoms with E-state index in [9.17, 15) is 14.4 Å². The normalized spacial score (nSPS) is 11.5. The summed E-state index contributed by atoms with van der Waals surface area (Å²) in [6, 6.07) is 13.6. The van der Waals surface area contributed by atoms with Gasteiger partial charge in [0.15, 0.2) is 6.61 Å². The van der Waals surface area contributed by atoms with E-state index >= 15 is 0 Å². The zero-order valence-electron chi connectivity index (χ0n) is 16.8. The van der Waals surface area contributed by atoms with E-state index in [1.807, 2.05) is 30.3 Å². The van der Waals surface area contributed by atoms with Gasteiger partial charge in [0.25, 0.3) is 5.91 Å². The quantitative estimate of drug-likeness (QED) is 0.347. The Labute approximate surface area is 188 Å². The highest BCUT2D eigenvalue weighted by Gasteiger charge is 2.18. The van der Waals surface area contributed by atoms with Crippen molar-refractivity contribution in [3.63, 3.8) is 0 Å². The standard InChI is InChI=1S/C21H23BrN4O5/c1-2-30-21(29)25-17(15-6-4-3-5-7-15)11-20(28)26-24-12-14-8-9-18(16(22)10-14)31-13-19(23)27/h3-10,12,17H,2,11,13H2,1H3,(H2,23,27)(H,25,29)(H,26,28)/b24-12-/t17-/m1/s1. The Morgan fingerprint density at radius 2 is 1.94 bits per heavy atom. The summed E-state index contributed by atoms with van der Waals surface area (Å²) in [4.78, 5) is 35.0. The smallest absolute Gasteiger partial charge is 0.407 e. The van der Waals surface area contributed by atoms with E-state index < -0.39 is 18.0 Å². The molecule has 9 nitrogen and oxygen atoms in total.